The Labute approximate surface area is 267 Å². The van der Waals surface area contributed by atoms with Crippen molar-refractivity contribution in [1.29, 1.82) is 0 Å². The molecule has 0 bridgehead atoms. The van der Waals surface area contributed by atoms with Gasteiger partial charge in [-0.1, -0.05) is 0 Å². The number of hydrogen-bond donors (Lipinski definition) is 13. The highest BCUT2D eigenvalue weighted by Crippen LogP contribution is 2.35. The third-order valence-electron chi connectivity index (χ3n) is 8.57. The Morgan fingerprint density at radius 2 is 1.04 bits per heavy atom. The minimum atomic E-state index is -1.99. The molecule has 0 aromatic rings. The van der Waals surface area contributed by atoms with Gasteiger partial charge in [-0.15, -0.1) is 0 Å². The van der Waals surface area contributed by atoms with Gasteiger partial charge in [0.2, 0.25) is 5.91 Å². The zero-order chi connectivity index (χ0) is 34.9. The predicted octanol–water partition coefficient (Wildman–Crippen LogP) is -8.58. The van der Waals surface area contributed by atoms with Crippen LogP contribution in [0.2, 0.25) is 0 Å². The number of amides is 1. The van der Waals surface area contributed by atoms with Gasteiger partial charge in [0.15, 0.2) is 25.2 Å². The SMILES string of the molecule is CC(=O)N[C@H]1[C@@H](O[C@@H]2[C@@H](O)[C@H](O)O[C@H](CO)[C@@H]2O)O[C@H](CO)[C@@H](O[C@@H]2O[C@@H](C)[C@@H](O)[C@@H](O)[C@@H]2O)[C@@H]1O[C@@H]1O[C@H](CO)[C@H](O)[C@H](O)[C@H]1O. The minimum Gasteiger partial charge on any atom is -0.394 e. The minimum absolute atomic E-state index is 0.765. The van der Waals surface area contributed by atoms with Gasteiger partial charge in [-0.2, -0.15) is 0 Å². The summed E-state index contributed by atoms with van der Waals surface area (Å²) < 4.78 is 39.5. The molecule has 274 valence electrons. The van der Waals surface area contributed by atoms with E-state index in [-0.39, 0.29) is 0 Å². The van der Waals surface area contributed by atoms with E-state index in [0.717, 1.165) is 6.92 Å². The molecule has 4 heterocycles. The lowest BCUT2D eigenvalue weighted by atomic mass is 9.93. The van der Waals surface area contributed by atoms with Crippen LogP contribution in [0.3, 0.4) is 0 Å². The number of rotatable bonds is 10. The summed E-state index contributed by atoms with van der Waals surface area (Å²) in [6.45, 7) is -0.149. The zero-order valence-electron chi connectivity index (χ0n) is 25.3. The summed E-state index contributed by atoms with van der Waals surface area (Å²) in [5.41, 5.74) is 0. The van der Waals surface area contributed by atoms with Crippen LogP contribution in [0.15, 0.2) is 0 Å². The monoisotopic (exact) mass is 691 g/mol. The van der Waals surface area contributed by atoms with Gasteiger partial charge >= 0.3 is 0 Å². The molecule has 4 fully saturated rings. The van der Waals surface area contributed by atoms with Gasteiger partial charge in [0.25, 0.3) is 0 Å². The smallest absolute Gasteiger partial charge is 0.217 e. The van der Waals surface area contributed by atoms with E-state index >= 15 is 0 Å². The van der Waals surface area contributed by atoms with E-state index in [1.807, 2.05) is 0 Å². The van der Waals surface area contributed by atoms with E-state index in [9.17, 15) is 66.1 Å². The van der Waals surface area contributed by atoms with Gasteiger partial charge in [-0.25, -0.2) is 0 Å². The number of aliphatic hydroxyl groups is 12. The number of carbonyl (C=O) groups excluding carboxylic acids is 1. The number of aliphatic hydroxyl groups excluding tert-OH is 12. The maximum Gasteiger partial charge on any atom is 0.217 e. The van der Waals surface area contributed by atoms with Gasteiger partial charge < -0.3 is 99.8 Å². The summed E-state index contributed by atoms with van der Waals surface area (Å²) in [5.74, 6) is -0.765. The molecule has 0 unspecified atom stereocenters. The van der Waals surface area contributed by atoms with Crippen LogP contribution in [0, 0.1) is 0 Å². The number of carbonyl (C=O) groups is 1. The van der Waals surface area contributed by atoms with E-state index in [1.54, 1.807) is 0 Å². The highest BCUT2D eigenvalue weighted by molar-refractivity contribution is 5.73. The van der Waals surface area contributed by atoms with Gasteiger partial charge in [0, 0.05) is 6.92 Å². The van der Waals surface area contributed by atoms with Crippen LogP contribution in [0.5, 0.6) is 0 Å². The van der Waals surface area contributed by atoms with E-state index in [1.165, 1.54) is 6.92 Å². The summed E-state index contributed by atoms with van der Waals surface area (Å²) in [6.07, 6.45) is -32.7. The molecule has 0 aromatic heterocycles. The van der Waals surface area contributed by atoms with Crippen molar-refractivity contribution in [2.75, 3.05) is 19.8 Å². The van der Waals surface area contributed by atoms with E-state index in [2.05, 4.69) is 5.32 Å². The van der Waals surface area contributed by atoms with Crippen molar-refractivity contribution < 1.29 is 99.2 Å². The Bertz CT molecular complexity index is 1010. The Morgan fingerprint density at radius 1 is 0.553 bits per heavy atom. The molecule has 4 rings (SSSR count). The Hall–Kier alpha value is -1.29. The predicted molar refractivity (Wildman–Crippen MR) is 144 cm³/mol. The fourth-order valence-corrected chi connectivity index (χ4v) is 5.88. The lowest BCUT2D eigenvalue weighted by Gasteiger charge is -2.51. The second kappa shape index (κ2) is 16.2. The quantitative estimate of drug-likeness (QED) is 0.101. The first-order valence-corrected chi connectivity index (χ1v) is 15.0. The van der Waals surface area contributed by atoms with Crippen LogP contribution in [-0.4, -0.2) is 210 Å². The van der Waals surface area contributed by atoms with Crippen molar-refractivity contribution >= 4 is 5.91 Å². The summed E-state index contributed by atoms with van der Waals surface area (Å²) in [5, 5.41) is 126. The van der Waals surface area contributed by atoms with Crippen LogP contribution in [0.1, 0.15) is 13.8 Å². The number of ether oxygens (including phenoxy) is 7. The van der Waals surface area contributed by atoms with E-state index in [4.69, 9.17) is 33.2 Å². The van der Waals surface area contributed by atoms with Crippen LogP contribution < -0.4 is 5.32 Å². The maximum atomic E-state index is 12.5. The molecular formula is C26H45NO20. The van der Waals surface area contributed by atoms with Crippen LogP contribution in [0.25, 0.3) is 0 Å². The summed E-state index contributed by atoms with van der Waals surface area (Å²) in [6, 6.07) is -1.62. The average molecular weight is 692 g/mol. The maximum absolute atomic E-state index is 12.5. The molecule has 21 nitrogen and oxygen atoms in total. The molecule has 0 radical (unpaired) electrons. The van der Waals surface area contributed by atoms with Gasteiger partial charge in [0.05, 0.1) is 25.9 Å². The molecule has 0 spiro atoms. The fourth-order valence-electron chi connectivity index (χ4n) is 5.88. The molecule has 21 heteroatoms. The first kappa shape index (κ1) is 38.5. The molecule has 4 aliphatic rings. The molecule has 0 aliphatic carbocycles. The van der Waals surface area contributed by atoms with Crippen molar-refractivity contribution in [2.24, 2.45) is 0 Å². The first-order chi connectivity index (χ1) is 22.1. The zero-order valence-corrected chi connectivity index (χ0v) is 25.3. The molecule has 20 atom stereocenters. The molecular weight excluding hydrogens is 646 g/mol. The molecule has 1 amide bonds. The molecule has 13 N–H and O–H groups in total. The van der Waals surface area contributed by atoms with Crippen LogP contribution >= 0.6 is 0 Å². The number of nitrogens with one attached hydrogen (secondary N) is 1. The standard InChI is InChI=1S/C26H45NO20/c1-6-12(32)15(35)17(37)25(41-6)45-20-10(5-30)44-24(47-22-14(34)9(4-29)42-23(40)19(22)39)11(27-7(2)31)21(20)46-26-18(38)16(36)13(33)8(3-28)43-26/h6,8-26,28-30,32-40H,3-5H2,1-2H3,(H,27,31)/t6-,8+,9+,10+,11+,12+,13-,14-,15+,16-,17-,18+,19+,20+,21+,22-,23+,24+,25-,26-/m0/s1. The van der Waals surface area contributed by atoms with Crippen molar-refractivity contribution in [3.8, 4) is 0 Å². The molecule has 0 saturated carbocycles. The largest absolute Gasteiger partial charge is 0.394 e. The third kappa shape index (κ3) is 8.04. The normalized spacial score (nSPS) is 51.0. The second-order valence-electron chi connectivity index (χ2n) is 11.9. The Balaban J connectivity index is 1.73. The van der Waals surface area contributed by atoms with Crippen LogP contribution in [0.4, 0.5) is 0 Å². The lowest BCUT2D eigenvalue weighted by Crippen LogP contribution is -2.71. The van der Waals surface area contributed by atoms with Gasteiger partial charge in [0.1, 0.15) is 91.5 Å². The summed E-state index contributed by atoms with van der Waals surface area (Å²) in [7, 11) is 0. The molecule has 4 saturated heterocycles. The van der Waals surface area contributed by atoms with E-state index < -0.39 is 148 Å². The molecule has 0 aromatic carbocycles. The number of hydrogen-bond acceptors (Lipinski definition) is 20. The molecule has 47 heavy (non-hydrogen) atoms. The van der Waals surface area contributed by atoms with E-state index in [0.29, 0.717) is 0 Å². The van der Waals surface area contributed by atoms with Crippen LogP contribution in [-0.2, 0) is 38.0 Å². The lowest BCUT2D eigenvalue weighted by molar-refractivity contribution is -0.384. The van der Waals surface area contributed by atoms with Crippen molar-refractivity contribution in [3.63, 3.8) is 0 Å². The van der Waals surface area contributed by atoms with Crippen molar-refractivity contribution in [1.82, 2.24) is 5.32 Å². The average Bonchev–Trinajstić information content (AvgIpc) is 3.04. The second-order valence-corrected chi connectivity index (χ2v) is 11.9. The molecule has 4 aliphatic heterocycles. The summed E-state index contributed by atoms with van der Waals surface area (Å²) >= 11 is 0. The third-order valence-corrected chi connectivity index (χ3v) is 8.57. The topological polar surface area (TPSA) is 336 Å². The van der Waals surface area contributed by atoms with Crippen molar-refractivity contribution in [3.05, 3.63) is 0 Å². The highest BCUT2D eigenvalue weighted by Gasteiger charge is 2.56. The summed E-state index contributed by atoms with van der Waals surface area (Å²) in [4.78, 5) is 12.5. The van der Waals surface area contributed by atoms with Gasteiger partial charge in [-0.05, 0) is 6.92 Å². The van der Waals surface area contributed by atoms with Gasteiger partial charge in [-0.3, -0.25) is 4.79 Å². The Morgan fingerprint density at radius 3 is 1.62 bits per heavy atom. The highest BCUT2D eigenvalue weighted by atomic mass is 16.8. The first-order valence-electron chi connectivity index (χ1n) is 15.0. The van der Waals surface area contributed by atoms with Crippen molar-refractivity contribution in [2.45, 2.75) is 137 Å². The fraction of sp³-hybridized carbons (Fsp3) is 0.962. The Kier molecular flexibility index (Phi) is 13.2.